The Hall–Kier alpha value is -5.04. The molecular weight excluding hydrogens is 596 g/mol. The summed E-state index contributed by atoms with van der Waals surface area (Å²) in [6, 6.07) is 34.1. The molecule has 3 atom stereocenters. The first-order valence-corrected chi connectivity index (χ1v) is 17.1. The highest BCUT2D eigenvalue weighted by molar-refractivity contribution is 6.20. The summed E-state index contributed by atoms with van der Waals surface area (Å²) >= 11 is 0. The number of aliphatic imine (C=N–C) groups is 1. The van der Waals surface area contributed by atoms with Gasteiger partial charge in [-0.15, -0.1) is 0 Å². The number of amides is 3. The number of fused-ring (bicyclic) bond motifs is 1. The van der Waals surface area contributed by atoms with Crippen molar-refractivity contribution in [3.63, 3.8) is 0 Å². The van der Waals surface area contributed by atoms with Crippen molar-refractivity contribution in [2.75, 3.05) is 4.90 Å². The molecule has 7 nitrogen and oxygen atoms in total. The number of anilines is 1. The minimum Gasteiger partial charge on any atom is -0.369 e. The zero-order chi connectivity index (χ0) is 33.6. The van der Waals surface area contributed by atoms with Gasteiger partial charge in [0.1, 0.15) is 0 Å². The SMILES string of the molecule is CCCC(C(N)=O)C(CC1CCC1)C(=O)NC1N=C(c2ccccc2)c2ccccc2N(Cc2cccc(-c3ccc(C)cc3)c2)C1=O. The van der Waals surface area contributed by atoms with Gasteiger partial charge in [-0.3, -0.25) is 14.4 Å². The number of nitrogens with two attached hydrogens (primary N) is 1. The molecule has 1 fully saturated rings. The van der Waals surface area contributed by atoms with Crippen molar-refractivity contribution in [1.29, 1.82) is 0 Å². The molecule has 6 rings (SSSR count). The van der Waals surface area contributed by atoms with Crippen LogP contribution in [0.25, 0.3) is 11.1 Å². The standard InChI is InChI=1S/C41H44N4O3/c1-3-11-33(38(42)46)35(25-28-12-9-13-28)40(47)44-39-41(48)45(26-29-14-10-17-32(24-29)30-22-20-27(2)21-23-30)36-19-8-7-18-34(36)37(43-39)31-15-5-4-6-16-31/h4-8,10,14-24,28,33,35,39H,3,9,11-13,25-26H2,1-2H3,(H2,42,46)(H,44,47). The molecular formula is C41H44N4O3. The van der Waals surface area contributed by atoms with Crippen molar-refractivity contribution in [2.24, 2.45) is 28.5 Å². The molecule has 0 aromatic heterocycles. The summed E-state index contributed by atoms with van der Waals surface area (Å²) in [5.41, 5.74) is 13.2. The minimum absolute atomic E-state index is 0.282. The summed E-state index contributed by atoms with van der Waals surface area (Å²) in [6.07, 6.45) is 3.82. The van der Waals surface area contributed by atoms with Crippen molar-refractivity contribution >= 4 is 29.1 Å². The summed E-state index contributed by atoms with van der Waals surface area (Å²) in [4.78, 5) is 48.3. The molecule has 246 valence electrons. The fourth-order valence-corrected chi connectivity index (χ4v) is 6.93. The average molecular weight is 641 g/mol. The number of hydrogen-bond donors (Lipinski definition) is 2. The molecule has 1 aliphatic heterocycles. The third-order valence-electron chi connectivity index (χ3n) is 9.79. The summed E-state index contributed by atoms with van der Waals surface area (Å²) < 4.78 is 0. The third-order valence-corrected chi connectivity index (χ3v) is 9.79. The first-order valence-electron chi connectivity index (χ1n) is 17.1. The number of nitrogens with zero attached hydrogens (tertiary/aromatic N) is 2. The zero-order valence-electron chi connectivity index (χ0n) is 27.8. The highest BCUT2D eigenvalue weighted by Gasteiger charge is 2.39. The molecule has 7 heteroatoms. The van der Waals surface area contributed by atoms with Gasteiger partial charge in [0, 0.05) is 23.0 Å². The lowest BCUT2D eigenvalue weighted by Gasteiger charge is -2.33. The molecule has 4 aromatic carbocycles. The Balaban J connectivity index is 1.39. The van der Waals surface area contributed by atoms with Gasteiger partial charge in [0.05, 0.1) is 17.9 Å². The van der Waals surface area contributed by atoms with Gasteiger partial charge in [-0.25, -0.2) is 4.99 Å². The van der Waals surface area contributed by atoms with E-state index in [0.717, 1.165) is 59.2 Å². The Kier molecular flexibility index (Phi) is 10.1. The molecule has 1 aliphatic carbocycles. The first kappa shape index (κ1) is 32.9. The van der Waals surface area contributed by atoms with Crippen molar-refractivity contribution in [1.82, 2.24) is 5.32 Å². The maximum Gasteiger partial charge on any atom is 0.272 e. The number of carbonyl (C=O) groups is 3. The van der Waals surface area contributed by atoms with Crippen molar-refractivity contribution in [3.05, 3.63) is 125 Å². The van der Waals surface area contributed by atoms with Crippen LogP contribution in [0.2, 0.25) is 0 Å². The molecule has 3 N–H and O–H groups in total. The molecule has 2 aliphatic rings. The Labute approximate surface area is 283 Å². The first-order chi connectivity index (χ1) is 23.3. The Morgan fingerprint density at radius 1 is 0.875 bits per heavy atom. The third kappa shape index (κ3) is 7.25. The van der Waals surface area contributed by atoms with Crippen LogP contribution in [0.3, 0.4) is 0 Å². The monoisotopic (exact) mass is 640 g/mol. The lowest BCUT2D eigenvalue weighted by molar-refractivity contribution is -0.136. The van der Waals surface area contributed by atoms with Gasteiger partial charge in [-0.1, -0.05) is 129 Å². The van der Waals surface area contributed by atoms with E-state index in [1.54, 1.807) is 4.90 Å². The van der Waals surface area contributed by atoms with Crippen LogP contribution in [-0.2, 0) is 20.9 Å². The highest BCUT2D eigenvalue weighted by Crippen LogP contribution is 2.36. The quantitative estimate of drug-likeness (QED) is 0.171. The molecule has 3 amide bonds. The van der Waals surface area contributed by atoms with Gasteiger partial charge in [0.2, 0.25) is 18.0 Å². The Morgan fingerprint density at radius 2 is 1.58 bits per heavy atom. The van der Waals surface area contributed by atoms with E-state index in [4.69, 9.17) is 10.7 Å². The normalized spacial score (nSPS) is 17.4. The summed E-state index contributed by atoms with van der Waals surface area (Å²) in [5.74, 6) is -2.02. The van der Waals surface area contributed by atoms with E-state index in [9.17, 15) is 14.4 Å². The number of primary amides is 1. The molecule has 0 spiro atoms. The molecule has 48 heavy (non-hydrogen) atoms. The van der Waals surface area contributed by atoms with Crippen molar-refractivity contribution < 1.29 is 14.4 Å². The number of benzodiazepines with no additional fused rings is 1. The minimum atomic E-state index is -1.19. The predicted molar refractivity (Wildman–Crippen MR) is 191 cm³/mol. The van der Waals surface area contributed by atoms with E-state index in [-0.39, 0.29) is 18.4 Å². The Morgan fingerprint density at radius 3 is 2.27 bits per heavy atom. The molecule has 3 unspecified atom stereocenters. The predicted octanol–water partition coefficient (Wildman–Crippen LogP) is 7.20. The summed E-state index contributed by atoms with van der Waals surface area (Å²) in [6.45, 7) is 4.34. The largest absolute Gasteiger partial charge is 0.369 e. The molecule has 0 radical (unpaired) electrons. The second-order valence-electron chi connectivity index (χ2n) is 13.2. The topological polar surface area (TPSA) is 105 Å². The Bertz CT molecular complexity index is 1800. The number of benzene rings is 4. The van der Waals surface area contributed by atoms with Gasteiger partial charge < -0.3 is 16.0 Å². The van der Waals surface area contributed by atoms with Crippen LogP contribution in [0, 0.1) is 24.7 Å². The second kappa shape index (κ2) is 14.8. The molecule has 1 saturated carbocycles. The smallest absolute Gasteiger partial charge is 0.272 e. The van der Waals surface area contributed by atoms with Crippen LogP contribution in [0.1, 0.15) is 67.7 Å². The van der Waals surface area contributed by atoms with Gasteiger partial charge in [-0.2, -0.15) is 0 Å². The number of aryl methyl sites for hydroxylation is 1. The zero-order valence-corrected chi connectivity index (χ0v) is 27.8. The van der Waals surface area contributed by atoms with E-state index in [0.29, 0.717) is 24.5 Å². The van der Waals surface area contributed by atoms with Crippen LogP contribution < -0.4 is 16.0 Å². The van der Waals surface area contributed by atoms with Gasteiger partial charge >= 0.3 is 0 Å². The maximum atomic E-state index is 14.7. The fraction of sp³-hybridized carbons (Fsp3) is 0.317. The van der Waals surface area contributed by atoms with Crippen LogP contribution in [0.4, 0.5) is 5.69 Å². The number of hydrogen-bond acceptors (Lipinski definition) is 4. The van der Waals surface area contributed by atoms with Gasteiger partial charge in [-0.05, 0) is 54.5 Å². The van der Waals surface area contributed by atoms with E-state index >= 15 is 0 Å². The average Bonchev–Trinajstić information content (AvgIpc) is 3.18. The van der Waals surface area contributed by atoms with Crippen LogP contribution in [-0.4, -0.2) is 29.6 Å². The number of nitrogens with one attached hydrogen (secondary N) is 1. The maximum absolute atomic E-state index is 14.7. The lowest BCUT2D eigenvalue weighted by atomic mass is 9.74. The van der Waals surface area contributed by atoms with Crippen LogP contribution >= 0.6 is 0 Å². The van der Waals surface area contributed by atoms with Crippen LogP contribution in [0.15, 0.2) is 108 Å². The van der Waals surface area contributed by atoms with Crippen LogP contribution in [0.5, 0.6) is 0 Å². The lowest BCUT2D eigenvalue weighted by Crippen LogP contribution is -2.51. The number of carbonyl (C=O) groups excluding carboxylic acids is 3. The second-order valence-corrected chi connectivity index (χ2v) is 13.2. The van der Waals surface area contributed by atoms with E-state index in [1.807, 2.05) is 73.7 Å². The molecule has 4 aromatic rings. The molecule has 0 bridgehead atoms. The number of rotatable bonds is 12. The van der Waals surface area contributed by atoms with E-state index in [2.05, 4.69) is 48.6 Å². The molecule has 0 saturated heterocycles. The number of para-hydroxylation sites is 1. The van der Waals surface area contributed by atoms with E-state index < -0.39 is 23.9 Å². The highest BCUT2D eigenvalue weighted by atomic mass is 16.2. The van der Waals surface area contributed by atoms with Crippen molar-refractivity contribution in [2.45, 2.75) is 65.1 Å². The summed E-state index contributed by atoms with van der Waals surface area (Å²) in [5, 5.41) is 3.02. The fourth-order valence-electron chi connectivity index (χ4n) is 6.93. The van der Waals surface area contributed by atoms with Crippen molar-refractivity contribution in [3.8, 4) is 11.1 Å². The summed E-state index contributed by atoms with van der Waals surface area (Å²) in [7, 11) is 0. The van der Waals surface area contributed by atoms with Gasteiger partial charge in [0.15, 0.2) is 0 Å². The van der Waals surface area contributed by atoms with E-state index in [1.165, 1.54) is 5.56 Å². The van der Waals surface area contributed by atoms with Gasteiger partial charge in [0.25, 0.3) is 5.91 Å². The molecule has 1 heterocycles.